The van der Waals surface area contributed by atoms with Crippen LogP contribution in [-0.2, 0) is 14.9 Å². The second-order valence-corrected chi connectivity index (χ2v) is 7.95. The Bertz CT molecular complexity index is 396. The molecule has 0 aromatic rings. The zero-order chi connectivity index (χ0) is 15.1. The highest BCUT2D eigenvalue weighted by Crippen LogP contribution is 2.28. The molecule has 0 aromatic carbocycles. The lowest BCUT2D eigenvalue weighted by Gasteiger charge is -2.31. The number of hydrogen-bond donors (Lipinski definition) is 2. The van der Waals surface area contributed by atoms with Gasteiger partial charge in [-0.25, -0.2) is 4.72 Å². The van der Waals surface area contributed by atoms with Crippen molar-refractivity contribution in [2.75, 3.05) is 46.4 Å². The Hall–Kier alpha value is -0.210. The quantitative estimate of drug-likeness (QED) is 0.578. The molecule has 21 heavy (non-hydrogen) atoms. The molecule has 2 fully saturated rings. The molecule has 0 bridgehead atoms. The van der Waals surface area contributed by atoms with Crippen LogP contribution in [0.1, 0.15) is 32.1 Å². The molecule has 1 atom stereocenters. The number of nitrogens with one attached hydrogen (secondary N) is 2. The summed E-state index contributed by atoms with van der Waals surface area (Å²) < 4.78 is 34.3. The minimum absolute atomic E-state index is 0.419. The van der Waals surface area contributed by atoms with Crippen LogP contribution in [0.4, 0.5) is 0 Å². The van der Waals surface area contributed by atoms with Crippen molar-refractivity contribution in [3.05, 3.63) is 0 Å². The van der Waals surface area contributed by atoms with Crippen molar-refractivity contribution in [3.63, 3.8) is 0 Å². The summed E-state index contributed by atoms with van der Waals surface area (Å²) in [6, 6.07) is 0. The van der Waals surface area contributed by atoms with Gasteiger partial charge in [-0.1, -0.05) is 0 Å². The van der Waals surface area contributed by atoms with E-state index in [9.17, 15) is 8.42 Å². The molecule has 1 saturated carbocycles. The first-order chi connectivity index (χ1) is 10.1. The van der Waals surface area contributed by atoms with E-state index in [-0.39, 0.29) is 0 Å². The first-order valence-electron chi connectivity index (χ1n) is 8.09. The number of nitrogens with zero attached hydrogens (tertiary/aromatic N) is 1. The lowest BCUT2D eigenvalue weighted by atomic mass is 10.00. The molecule has 1 unspecified atom stereocenters. The van der Waals surface area contributed by atoms with Crippen LogP contribution < -0.4 is 10.0 Å². The number of hydrogen-bond acceptors (Lipinski definition) is 4. The molecule has 1 aliphatic heterocycles. The van der Waals surface area contributed by atoms with E-state index in [1.165, 1.54) is 12.8 Å². The molecular formula is C14H29N3O3S. The minimum Gasteiger partial charge on any atom is -0.381 e. The van der Waals surface area contributed by atoms with E-state index in [0.717, 1.165) is 38.3 Å². The van der Waals surface area contributed by atoms with E-state index in [2.05, 4.69) is 10.0 Å². The molecule has 0 radical (unpaired) electrons. The molecule has 1 heterocycles. The van der Waals surface area contributed by atoms with Gasteiger partial charge in [0, 0.05) is 32.8 Å². The molecular weight excluding hydrogens is 290 g/mol. The van der Waals surface area contributed by atoms with Gasteiger partial charge in [0.2, 0.25) is 0 Å². The monoisotopic (exact) mass is 319 g/mol. The van der Waals surface area contributed by atoms with Gasteiger partial charge in [-0.15, -0.1) is 0 Å². The van der Waals surface area contributed by atoms with Crippen LogP contribution in [0.2, 0.25) is 0 Å². The molecule has 1 saturated heterocycles. The van der Waals surface area contributed by atoms with Gasteiger partial charge < -0.3 is 10.1 Å². The molecule has 2 N–H and O–H groups in total. The Morgan fingerprint density at radius 3 is 2.76 bits per heavy atom. The molecule has 124 valence electrons. The fourth-order valence-electron chi connectivity index (χ4n) is 2.70. The smallest absolute Gasteiger partial charge is 0.279 e. The van der Waals surface area contributed by atoms with E-state index in [0.29, 0.717) is 32.2 Å². The topological polar surface area (TPSA) is 70.7 Å². The van der Waals surface area contributed by atoms with Crippen LogP contribution in [-0.4, -0.2) is 59.2 Å². The molecule has 0 aromatic heterocycles. The predicted octanol–water partition coefficient (Wildman–Crippen LogP) is 0.569. The van der Waals surface area contributed by atoms with Crippen molar-refractivity contribution in [2.24, 2.45) is 11.8 Å². The summed E-state index contributed by atoms with van der Waals surface area (Å²) in [5.74, 6) is 1.18. The van der Waals surface area contributed by atoms with Gasteiger partial charge in [0.1, 0.15) is 0 Å². The SMILES string of the molecule is CNCC1CCCN(S(=O)(=O)NCCCOCC2CC2)C1. The minimum atomic E-state index is -3.33. The van der Waals surface area contributed by atoms with Gasteiger partial charge in [-0.05, 0) is 57.5 Å². The van der Waals surface area contributed by atoms with Gasteiger partial charge >= 0.3 is 0 Å². The molecule has 6 nitrogen and oxygen atoms in total. The maximum atomic E-state index is 12.2. The molecule has 2 aliphatic rings. The van der Waals surface area contributed by atoms with Crippen molar-refractivity contribution in [1.82, 2.24) is 14.3 Å². The highest BCUT2D eigenvalue weighted by atomic mass is 32.2. The zero-order valence-electron chi connectivity index (χ0n) is 13.0. The first-order valence-corrected chi connectivity index (χ1v) is 9.53. The van der Waals surface area contributed by atoms with E-state index < -0.39 is 10.2 Å². The summed E-state index contributed by atoms with van der Waals surface area (Å²) >= 11 is 0. The number of piperidine rings is 1. The molecule has 0 amide bonds. The molecule has 2 rings (SSSR count). The third kappa shape index (κ3) is 6.20. The van der Waals surface area contributed by atoms with Crippen molar-refractivity contribution < 1.29 is 13.2 Å². The summed E-state index contributed by atoms with van der Waals surface area (Å²) in [5, 5.41) is 3.13. The Morgan fingerprint density at radius 2 is 2.05 bits per heavy atom. The summed E-state index contributed by atoms with van der Waals surface area (Å²) in [5.41, 5.74) is 0. The highest BCUT2D eigenvalue weighted by molar-refractivity contribution is 7.87. The van der Waals surface area contributed by atoms with Gasteiger partial charge in [0.15, 0.2) is 0 Å². The summed E-state index contributed by atoms with van der Waals surface area (Å²) in [6.07, 6.45) is 5.35. The normalized spacial score (nSPS) is 24.3. The standard InChI is InChI=1S/C14H29N3O3S/c1-15-10-14-4-2-8-17(11-14)21(18,19)16-7-3-9-20-12-13-5-6-13/h13-16H,2-12H2,1H3. The van der Waals surface area contributed by atoms with E-state index in [1.807, 2.05) is 7.05 Å². The number of rotatable bonds is 10. The Labute approximate surface area is 128 Å². The number of ether oxygens (including phenoxy) is 1. The lowest BCUT2D eigenvalue weighted by Crippen LogP contribution is -2.47. The maximum absolute atomic E-state index is 12.2. The second-order valence-electron chi connectivity index (χ2n) is 6.20. The van der Waals surface area contributed by atoms with Crippen LogP contribution in [0.5, 0.6) is 0 Å². The van der Waals surface area contributed by atoms with Crippen LogP contribution in [0.3, 0.4) is 0 Å². The van der Waals surface area contributed by atoms with Crippen molar-refractivity contribution in [3.8, 4) is 0 Å². The zero-order valence-corrected chi connectivity index (χ0v) is 13.8. The first kappa shape index (κ1) is 17.1. The lowest BCUT2D eigenvalue weighted by molar-refractivity contribution is 0.123. The highest BCUT2D eigenvalue weighted by Gasteiger charge is 2.28. The summed E-state index contributed by atoms with van der Waals surface area (Å²) in [4.78, 5) is 0. The largest absolute Gasteiger partial charge is 0.381 e. The Balaban J connectivity index is 1.62. The summed E-state index contributed by atoms with van der Waals surface area (Å²) in [7, 11) is -1.42. The van der Waals surface area contributed by atoms with Crippen molar-refractivity contribution in [1.29, 1.82) is 0 Å². The van der Waals surface area contributed by atoms with Crippen molar-refractivity contribution >= 4 is 10.2 Å². The second kappa shape index (κ2) is 8.43. The fraction of sp³-hybridized carbons (Fsp3) is 1.00. The molecule has 1 aliphatic carbocycles. The summed E-state index contributed by atoms with van der Waals surface area (Å²) in [6.45, 7) is 4.06. The third-order valence-corrected chi connectivity index (χ3v) is 5.70. The van der Waals surface area contributed by atoms with Crippen LogP contribution in [0.15, 0.2) is 0 Å². The van der Waals surface area contributed by atoms with E-state index in [1.54, 1.807) is 4.31 Å². The van der Waals surface area contributed by atoms with Gasteiger partial charge in [-0.3, -0.25) is 0 Å². The van der Waals surface area contributed by atoms with Crippen LogP contribution in [0.25, 0.3) is 0 Å². The van der Waals surface area contributed by atoms with Crippen LogP contribution >= 0.6 is 0 Å². The Morgan fingerprint density at radius 1 is 1.24 bits per heavy atom. The van der Waals surface area contributed by atoms with E-state index in [4.69, 9.17) is 4.74 Å². The average Bonchev–Trinajstić information content (AvgIpc) is 3.27. The van der Waals surface area contributed by atoms with E-state index >= 15 is 0 Å². The predicted molar refractivity (Wildman–Crippen MR) is 83.3 cm³/mol. The molecule has 0 spiro atoms. The maximum Gasteiger partial charge on any atom is 0.279 e. The Kier molecular flexibility index (Phi) is 6.88. The van der Waals surface area contributed by atoms with Gasteiger partial charge in [0.25, 0.3) is 10.2 Å². The van der Waals surface area contributed by atoms with Crippen molar-refractivity contribution in [2.45, 2.75) is 32.1 Å². The van der Waals surface area contributed by atoms with Gasteiger partial charge in [-0.2, -0.15) is 12.7 Å². The fourth-order valence-corrected chi connectivity index (χ4v) is 4.06. The molecule has 7 heteroatoms. The van der Waals surface area contributed by atoms with Crippen LogP contribution in [0, 0.1) is 11.8 Å². The third-order valence-electron chi connectivity index (χ3n) is 4.11. The van der Waals surface area contributed by atoms with Gasteiger partial charge in [0.05, 0.1) is 0 Å². The average molecular weight is 319 g/mol.